The Labute approximate surface area is 157 Å². The summed E-state index contributed by atoms with van der Waals surface area (Å²) in [5.74, 6) is -0.402. The smallest absolute Gasteiger partial charge is 0.378 e. The van der Waals surface area contributed by atoms with Gasteiger partial charge in [0.25, 0.3) is 5.91 Å². The van der Waals surface area contributed by atoms with Crippen molar-refractivity contribution in [3.8, 4) is 0 Å². The van der Waals surface area contributed by atoms with Crippen LogP contribution in [0, 0.1) is 0 Å². The summed E-state index contributed by atoms with van der Waals surface area (Å²) in [6.45, 7) is 0.341. The number of hydrogen-bond acceptors (Lipinski definition) is 3. The number of amides is 1. The highest BCUT2D eigenvalue weighted by Gasteiger charge is 2.30. The molecule has 1 amide bonds. The summed E-state index contributed by atoms with van der Waals surface area (Å²) < 4.78 is 37.9. The molecule has 7 heteroatoms. The van der Waals surface area contributed by atoms with E-state index in [4.69, 9.17) is 0 Å². The highest BCUT2D eigenvalue weighted by Crippen LogP contribution is 2.29. The molecule has 27 heavy (non-hydrogen) atoms. The van der Waals surface area contributed by atoms with Crippen LogP contribution in [0.4, 0.5) is 18.9 Å². The monoisotopic (exact) mass is 379 g/mol. The van der Waals surface area contributed by atoms with Gasteiger partial charge in [-0.15, -0.1) is 0 Å². The van der Waals surface area contributed by atoms with Gasteiger partial charge in [0.05, 0.1) is 11.6 Å². The van der Waals surface area contributed by atoms with Gasteiger partial charge in [-0.1, -0.05) is 12.1 Å². The lowest BCUT2D eigenvalue weighted by Gasteiger charge is -2.26. The fraction of sp³-hybridized carbons (Fsp3) is 0.350. The van der Waals surface area contributed by atoms with E-state index in [0.717, 1.165) is 23.4 Å². The van der Waals surface area contributed by atoms with Gasteiger partial charge < -0.3 is 15.1 Å². The average Bonchev–Trinajstić information content (AvgIpc) is 2.61. The lowest BCUT2D eigenvalue weighted by Crippen LogP contribution is -2.34. The number of alkyl halides is 3. The second-order valence-corrected chi connectivity index (χ2v) is 6.75. The average molecular weight is 379 g/mol. The quantitative estimate of drug-likeness (QED) is 0.829. The largest absolute Gasteiger partial charge is 0.416 e. The second kappa shape index (κ2) is 8.43. The fourth-order valence-electron chi connectivity index (χ4n) is 2.70. The Balaban J connectivity index is 2.06. The molecule has 2 aromatic carbocycles. The summed E-state index contributed by atoms with van der Waals surface area (Å²) in [6.07, 6.45) is -4.41. The molecule has 146 valence electrons. The van der Waals surface area contributed by atoms with Crippen LogP contribution in [-0.2, 0) is 6.18 Å². The minimum absolute atomic E-state index is 0.0559. The van der Waals surface area contributed by atoms with Crippen LogP contribution < -0.4 is 10.2 Å². The number of benzene rings is 2. The number of rotatable bonds is 6. The highest BCUT2D eigenvalue weighted by molar-refractivity contribution is 5.94. The van der Waals surface area contributed by atoms with Crippen LogP contribution in [0.15, 0.2) is 48.5 Å². The normalized spacial score (nSPS) is 12.7. The molecule has 0 heterocycles. The molecule has 0 aliphatic heterocycles. The van der Waals surface area contributed by atoms with Crippen LogP contribution in [0.25, 0.3) is 0 Å². The molecule has 0 saturated heterocycles. The molecule has 2 rings (SSSR count). The van der Waals surface area contributed by atoms with Crippen molar-refractivity contribution in [1.29, 1.82) is 0 Å². The molecular formula is C20H24F3N3O. The lowest BCUT2D eigenvalue weighted by molar-refractivity contribution is -0.137. The third-order valence-corrected chi connectivity index (χ3v) is 4.35. The van der Waals surface area contributed by atoms with Gasteiger partial charge in [0.1, 0.15) is 0 Å². The predicted octanol–water partition coefficient (Wildman–Crippen LogP) is 3.80. The molecule has 1 N–H and O–H groups in total. The number of nitrogens with one attached hydrogen (secondary N) is 1. The Morgan fingerprint density at radius 2 is 1.52 bits per heavy atom. The maximum Gasteiger partial charge on any atom is 0.416 e. The number of hydrogen-bond donors (Lipinski definition) is 1. The summed E-state index contributed by atoms with van der Waals surface area (Å²) in [5, 5.41) is 2.80. The van der Waals surface area contributed by atoms with E-state index in [2.05, 4.69) is 5.32 Å². The summed E-state index contributed by atoms with van der Waals surface area (Å²) in [5.41, 5.74) is 1.54. The zero-order valence-corrected chi connectivity index (χ0v) is 15.8. The fourth-order valence-corrected chi connectivity index (χ4v) is 2.70. The summed E-state index contributed by atoms with van der Waals surface area (Å²) >= 11 is 0. The second-order valence-electron chi connectivity index (χ2n) is 6.75. The van der Waals surface area contributed by atoms with Crippen molar-refractivity contribution in [3.63, 3.8) is 0 Å². The number of halogens is 3. The van der Waals surface area contributed by atoms with Crippen LogP contribution in [0.1, 0.15) is 27.5 Å². The predicted molar refractivity (Wildman–Crippen MR) is 101 cm³/mol. The van der Waals surface area contributed by atoms with Crippen molar-refractivity contribution in [2.24, 2.45) is 0 Å². The molecule has 0 spiro atoms. The van der Waals surface area contributed by atoms with Gasteiger partial charge in [0, 0.05) is 31.9 Å². The van der Waals surface area contributed by atoms with Crippen molar-refractivity contribution >= 4 is 11.6 Å². The van der Waals surface area contributed by atoms with E-state index >= 15 is 0 Å². The number of nitrogens with zero attached hydrogens (tertiary/aromatic N) is 2. The van der Waals surface area contributed by atoms with Gasteiger partial charge in [0.15, 0.2) is 0 Å². The zero-order valence-electron chi connectivity index (χ0n) is 15.8. The Morgan fingerprint density at radius 1 is 0.963 bits per heavy atom. The standard InChI is InChI=1S/C20H24F3N3O/c1-25(2)17-11-7-14(8-12-17)18(26(3)4)13-24-19(27)15-5-9-16(10-6-15)20(21,22)23/h5-12,18H,13H2,1-4H3,(H,24,27)/t18-/m1/s1. The lowest BCUT2D eigenvalue weighted by atomic mass is 10.0. The first-order valence-corrected chi connectivity index (χ1v) is 8.48. The van der Waals surface area contributed by atoms with E-state index in [1.54, 1.807) is 0 Å². The molecule has 1 atom stereocenters. The third-order valence-electron chi connectivity index (χ3n) is 4.35. The summed E-state index contributed by atoms with van der Waals surface area (Å²) in [7, 11) is 7.75. The number of carbonyl (C=O) groups is 1. The number of likely N-dealkylation sites (N-methyl/N-ethyl adjacent to an activating group) is 1. The van der Waals surface area contributed by atoms with Crippen LogP contribution in [-0.4, -0.2) is 45.5 Å². The number of anilines is 1. The van der Waals surface area contributed by atoms with Gasteiger partial charge in [-0.05, 0) is 56.1 Å². The Hall–Kier alpha value is -2.54. The van der Waals surface area contributed by atoms with Crippen LogP contribution >= 0.6 is 0 Å². The van der Waals surface area contributed by atoms with E-state index < -0.39 is 17.6 Å². The van der Waals surface area contributed by atoms with Crippen LogP contribution in [0.3, 0.4) is 0 Å². The van der Waals surface area contributed by atoms with Crippen LogP contribution in [0.2, 0.25) is 0 Å². The minimum atomic E-state index is -4.41. The van der Waals surface area contributed by atoms with Crippen molar-refractivity contribution in [2.75, 3.05) is 39.6 Å². The van der Waals surface area contributed by atoms with Crippen molar-refractivity contribution in [2.45, 2.75) is 12.2 Å². The maximum absolute atomic E-state index is 12.6. The first-order valence-electron chi connectivity index (χ1n) is 8.48. The molecule has 0 bridgehead atoms. The molecular weight excluding hydrogens is 355 g/mol. The Morgan fingerprint density at radius 3 is 1.96 bits per heavy atom. The summed E-state index contributed by atoms with van der Waals surface area (Å²) in [4.78, 5) is 16.3. The van der Waals surface area contributed by atoms with Gasteiger partial charge in [-0.2, -0.15) is 13.2 Å². The number of carbonyl (C=O) groups excluding carboxylic acids is 1. The van der Waals surface area contributed by atoms with E-state index in [1.807, 2.05) is 62.3 Å². The first-order chi connectivity index (χ1) is 12.6. The molecule has 0 saturated carbocycles. The SMILES string of the molecule is CN(C)c1ccc([C@@H](CNC(=O)c2ccc(C(F)(F)F)cc2)N(C)C)cc1. The third kappa shape index (κ3) is 5.47. The van der Waals surface area contributed by atoms with E-state index in [9.17, 15) is 18.0 Å². The Kier molecular flexibility index (Phi) is 6.49. The van der Waals surface area contributed by atoms with Gasteiger partial charge in [-0.3, -0.25) is 4.79 Å². The zero-order chi connectivity index (χ0) is 20.2. The van der Waals surface area contributed by atoms with E-state index in [1.165, 1.54) is 12.1 Å². The summed E-state index contributed by atoms with van der Waals surface area (Å²) in [6, 6.07) is 12.2. The van der Waals surface area contributed by atoms with Gasteiger partial charge in [0.2, 0.25) is 0 Å². The molecule has 0 fully saturated rings. The topological polar surface area (TPSA) is 35.6 Å². The van der Waals surface area contributed by atoms with Crippen molar-refractivity contribution in [3.05, 3.63) is 65.2 Å². The van der Waals surface area contributed by atoms with Crippen LogP contribution in [0.5, 0.6) is 0 Å². The van der Waals surface area contributed by atoms with E-state index in [0.29, 0.717) is 6.54 Å². The minimum Gasteiger partial charge on any atom is -0.378 e. The van der Waals surface area contributed by atoms with Gasteiger partial charge in [-0.25, -0.2) is 0 Å². The van der Waals surface area contributed by atoms with E-state index in [-0.39, 0.29) is 11.6 Å². The first kappa shape index (κ1) is 20.8. The molecule has 0 aromatic heterocycles. The molecule has 0 radical (unpaired) electrons. The van der Waals surface area contributed by atoms with Crippen molar-refractivity contribution in [1.82, 2.24) is 10.2 Å². The maximum atomic E-state index is 12.6. The molecule has 2 aromatic rings. The molecule has 0 unspecified atom stereocenters. The molecule has 0 aliphatic rings. The molecule has 4 nitrogen and oxygen atoms in total. The van der Waals surface area contributed by atoms with Gasteiger partial charge >= 0.3 is 6.18 Å². The highest BCUT2D eigenvalue weighted by atomic mass is 19.4. The molecule has 0 aliphatic carbocycles. The Bertz CT molecular complexity index is 754. The van der Waals surface area contributed by atoms with Crippen molar-refractivity contribution < 1.29 is 18.0 Å².